The van der Waals surface area contributed by atoms with Crippen molar-refractivity contribution in [1.82, 2.24) is 5.32 Å². The van der Waals surface area contributed by atoms with Gasteiger partial charge < -0.3 is 15.3 Å². The van der Waals surface area contributed by atoms with E-state index in [0.29, 0.717) is 6.04 Å². The van der Waals surface area contributed by atoms with Crippen molar-refractivity contribution in [3.63, 3.8) is 0 Å². The third-order valence-corrected chi connectivity index (χ3v) is 5.01. The molecule has 0 spiro atoms. The SMILES string of the molecule is Cc1cc(F)ccc1N1CCC(N[C@@H](CO)Cc2ccccc2)CC1. The van der Waals surface area contributed by atoms with E-state index in [1.807, 2.05) is 31.2 Å². The Balaban J connectivity index is 1.53. The molecule has 0 saturated carbocycles. The number of benzene rings is 2. The zero-order valence-corrected chi connectivity index (χ0v) is 14.8. The van der Waals surface area contributed by atoms with Gasteiger partial charge in [-0.15, -0.1) is 0 Å². The summed E-state index contributed by atoms with van der Waals surface area (Å²) in [5.41, 5.74) is 3.36. The number of rotatable bonds is 6. The lowest BCUT2D eigenvalue weighted by Crippen LogP contribution is -2.48. The van der Waals surface area contributed by atoms with Crippen LogP contribution in [0.3, 0.4) is 0 Å². The Morgan fingerprint density at radius 2 is 1.88 bits per heavy atom. The summed E-state index contributed by atoms with van der Waals surface area (Å²) in [4.78, 5) is 2.33. The molecular formula is C21H27FN2O. The minimum absolute atomic E-state index is 0.0894. The number of aryl methyl sites for hydroxylation is 1. The fourth-order valence-electron chi connectivity index (χ4n) is 3.67. The van der Waals surface area contributed by atoms with Crippen LogP contribution in [-0.2, 0) is 6.42 Å². The largest absolute Gasteiger partial charge is 0.395 e. The van der Waals surface area contributed by atoms with Crippen LogP contribution in [0.1, 0.15) is 24.0 Å². The second kappa shape index (κ2) is 8.45. The Bertz CT molecular complexity index is 669. The van der Waals surface area contributed by atoms with Crippen molar-refractivity contribution in [3.8, 4) is 0 Å². The molecule has 0 aromatic heterocycles. The maximum atomic E-state index is 13.3. The summed E-state index contributed by atoms with van der Waals surface area (Å²) in [6.45, 7) is 4.01. The molecule has 4 heteroatoms. The molecule has 1 saturated heterocycles. The van der Waals surface area contributed by atoms with Gasteiger partial charge >= 0.3 is 0 Å². The zero-order valence-electron chi connectivity index (χ0n) is 14.8. The van der Waals surface area contributed by atoms with E-state index in [9.17, 15) is 9.50 Å². The Morgan fingerprint density at radius 3 is 2.52 bits per heavy atom. The van der Waals surface area contributed by atoms with Gasteiger partial charge in [-0.3, -0.25) is 0 Å². The molecule has 0 amide bonds. The van der Waals surface area contributed by atoms with Gasteiger partial charge in [-0.1, -0.05) is 30.3 Å². The highest BCUT2D eigenvalue weighted by molar-refractivity contribution is 5.53. The van der Waals surface area contributed by atoms with Crippen molar-refractivity contribution in [3.05, 3.63) is 65.5 Å². The van der Waals surface area contributed by atoms with Gasteiger partial charge in [0.15, 0.2) is 0 Å². The molecule has 0 unspecified atom stereocenters. The molecule has 134 valence electrons. The van der Waals surface area contributed by atoms with Crippen LogP contribution < -0.4 is 10.2 Å². The number of hydrogen-bond donors (Lipinski definition) is 2. The minimum atomic E-state index is -0.176. The molecular weight excluding hydrogens is 315 g/mol. The quantitative estimate of drug-likeness (QED) is 0.845. The molecule has 1 fully saturated rings. The molecule has 2 aromatic rings. The van der Waals surface area contributed by atoms with E-state index in [1.54, 1.807) is 6.07 Å². The highest BCUT2D eigenvalue weighted by Gasteiger charge is 2.22. The first kappa shape index (κ1) is 17.9. The van der Waals surface area contributed by atoms with Crippen molar-refractivity contribution in [2.75, 3.05) is 24.6 Å². The lowest BCUT2D eigenvalue weighted by molar-refractivity contribution is 0.222. The fourth-order valence-corrected chi connectivity index (χ4v) is 3.67. The van der Waals surface area contributed by atoms with E-state index in [2.05, 4.69) is 22.3 Å². The van der Waals surface area contributed by atoms with Crippen LogP contribution in [0.15, 0.2) is 48.5 Å². The van der Waals surface area contributed by atoms with Crippen LogP contribution in [0, 0.1) is 12.7 Å². The van der Waals surface area contributed by atoms with E-state index in [-0.39, 0.29) is 18.5 Å². The van der Waals surface area contributed by atoms with Crippen molar-refractivity contribution in [2.45, 2.75) is 38.3 Å². The molecule has 1 aliphatic heterocycles. The normalized spacial score (nSPS) is 16.8. The second-order valence-electron chi connectivity index (χ2n) is 6.93. The Labute approximate surface area is 149 Å². The molecule has 25 heavy (non-hydrogen) atoms. The second-order valence-corrected chi connectivity index (χ2v) is 6.93. The molecule has 2 aromatic carbocycles. The minimum Gasteiger partial charge on any atom is -0.395 e. The Kier molecular flexibility index (Phi) is 6.05. The molecule has 0 aliphatic carbocycles. The standard InChI is InChI=1S/C21H27FN2O/c1-16-13-18(22)7-8-21(16)24-11-9-19(10-12-24)23-20(15-25)14-17-5-3-2-4-6-17/h2-8,13,19-20,23,25H,9-12,14-15H2,1H3/t20-/m1/s1. The molecule has 0 radical (unpaired) electrons. The Hall–Kier alpha value is -1.91. The van der Waals surface area contributed by atoms with E-state index in [1.165, 1.54) is 11.6 Å². The van der Waals surface area contributed by atoms with Crippen molar-refractivity contribution in [1.29, 1.82) is 0 Å². The molecule has 1 heterocycles. The first-order valence-corrected chi connectivity index (χ1v) is 9.07. The number of nitrogens with zero attached hydrogens (tertiary/aromatic N) is 1. The number of anilines is 1. The van der Waals surface area contributed by atoms with Gasteiger partial charge in [0.05, 0.1) is 6.61 Å². The molecule has 1 aliphatic rings. The maximum Gasteiger partial charge on any atom is 0.123 e. The molecule has 1 atom stereocenters. The number of halogens is 1. The van der Waals surface area contributed by atoms with E-state index in [4.69, 9.17) is 0 Å². The fraction of sp³-hybridized carbons (Fsp3) is 0.429. The van der Waals surface area contributed by atoms with Crippen LogP contribution >= 0.6 is 0 Å². The van der Waals surface area contributed by atoms with Crippen LogP contribution in [0.2, 0.25) is 0 Å². The van der Waals surface area contributed by atoms with Gasteiger partial charge in [0.25, 0.3) is 0 Å². The number of aliphatic hydroxyl groups excluding tert-OH is 1. The van der Waals surface area contributed by atoms with Crippen LogP contribution in [0.4, 0.5) is 10.1 Å². The summed E-state index contributed by atoms with van der Waals surface area (Å²) in [6.07, 6.45) is 2.90. The lowest BCUT2D eigenvalue weighted by Gasteiger charge is -2.36. The highest BCUT2D eigenvalue weighted by Crippen LogP contribution is 2.24. The molecule has 3 nitrogen and oxygen atoms in total. The van der Waals surface area contributed by atoms with Crippen LogP contribution in [0.25, 0.3) is 0 Å². The van der Waals surface area contributed by atoms with Crippen molar-refractivity contribution < 1.29 is 9.50 Å². The average Bonchev–Trinajstić information content (AvgIpc) is 2.63. The summed E-state index contributed by atoms with van der Waals surface area (Å²) in [7, 11) is 0. The van der Waals surface area contributed by atoms with Crippen LogP contribution in [-0.4, -0.2) is 36.9 Å². The maximum absolute atomic E-state index is 13.3. The van der Waals surface area contributed by atoms with Gasteiger partial charge in [-0.25, -0.2) is 4.39 Å². The van der Waals surface area contributed by atoms with Gasteiger partial charge in [-0.05, 0) is 55.5 Å². The summed E-state index contributed by atoms with van der Waals surface area (Å²) in [6, 6.07) is 15.8. The Morgan fingerprint density at radius 1 is 1.16 bits per heavy atom. The van der Waals surface area contributed by atoms with E-state index >= 15 is 0 Å². The third-order valence-electron chi connectivity index (χ3n) is 5.01. The first-order chi connectivity index (χ1) is 12.2. The number of aliphatic hydroxyl groups is 1. The zero-order chi connectivity index (χ0) is 17.6. The topological polar surface area (TPSA) is 35.5 Å². The van der Waals surface area contributed by atoms with Gasteiger partial charge in [0.1, 0.15) is 5.82 Å². The molecule has 2 N–H and O–H groups in total. The third kappa shape index (κ3) is 4.80. The van der Waals surface area contributed by atoms with Gasteiger partial charge in [0.2, 0.25) is 0 Å². The average molecular weight is 342 g/mol. The van der Waals surface area contributed by atoms with Gasteiger partial charge in [-0.2, -0.15) is 0 Å². The molecule has 0 bridgehead atoms. The number of nitrogens with one attached hydrogen (secondary N) is 1. The smallest absolute Gasteiger partial charge is 0.123 e. The number of piperidine rings is 1. The summed E-state index contributed by atoms with van der Waals surface area (Å²) in [5.74, 6) is -0.176. The summed E-state index contributed by atoms with van der Waals surface area (Å²) < 4.78 is 13.3. The number of hydrogen-bond acceptors (Lipinski definition) is 3. The molecule has 3 rings (SSSR count). The summed E-state index contributed by atoms with van der Waals surface area (Å²) in [5, 5.41) is 13.3. The van der Waals surface area contributed by atoms with E-state index in [0.717, 1.165) is 43.6 Å². The highest BCUT2D eigenvalue weighted by atomic mass is 19.1. The predicted molar refractivity (Wildman–Crippen MR) is 101 cm³/mol. The van der Waals surface area contributed by atoms with Crippen LogP contribution in [0.5, 0.6) is 0 Å². The van der Waals surface area contributed by atoms with Crippen molar-refractivity contribution >= 4 is 5.69 Å². The first-order valence-electron chi connectivity index (χ1n) is 9.07. The van der Waals surface area contributed by atoms with Crippen molar-refractivity contribution in [2.24, 2.45) is 0 Å². The predicted octanol–water partition coefficient (Wildman–Crippen LogP) is 3.30. The summed E-state index contributed by atoms with van der Waals surface area (Å²) >= 11 is 0. The monoisotopic (exact) mass is 342 g/mol. The lowest BCUT2D eigenvalue weighted by atomic mass is 10.00. The van der Waals surface area contributed by atoms with Gasteiger partial charge in [0, 0.05) is 30.9 Å². The van der Waals surface area contributed by atoms with E-state index < -0.39 is 0 Å².